The zero-order valence-corrected chi connectivity index (χ0v) is 15.9. The number of carbonyl (C=O) groups is 1. The first-order valence-corrected chi connectivity index (χ1v) is 10.3. The van der Waals surface area contributed by atoms with E-state index in [1.165, 1.54) is 16.4 Å². The Morgan fingerprint density at radius 3 is 2.45 bits per heavy atom. The monoisotopic (exact) mass is 430 g/mol. The van der Waals surface area contributed by atoms with Crippen molar-refractivity contribution in [3.8, 4) is 0 Å². The second kappa shape index (κ2) is 8.11. The number of nitrogens with zero attached hydrogens (tertiary/aromatic N) is 1. The summed E-state index contributed by atoms with van der Waals surface area (Å²) in [6.07, 6.45) is -4.07. The number of amides is 1. The molecule has 1 heterocycles. The quantitative estimate of drug-likeness (QED) is 0.749. The van der Waals surface area contributed by atoms with Crippen LogP contribution in [0.1, 0.15) is 18.4 Å². The van der Waals surface area contributed by atoms with E-state index < -0.39 is 39.4 Å². The number of sulfonamides is 1. The van der Waals surface area contributed by atoms with Crippen molar-refractivity contribution in [1.29, 1.82) is 0 Å². The van der Waals surface area contributed by atoms with Gasteiger partial charge in [0, 0.05) is 18.8 Å². The van der Waals surface area contributed by atoms with Crippen LogP contribution in [0.2, 0.25) is 0 Å². The number of hydrogen-bond acceptors (Lipinski definition) is 3. The summed E-state index contributed by atoms with van der Waals surface area (Å²) in [5.41, 5.74) is -1.68. The average molecular weight is 430 g/mol. The molecule has 1 amide bonds. The molecule has 2 aromatic carbocycles. The molecule has 3 rings (SSSR count). The van der Waals surface area contributed by atoms with E-state index in [0.29, 0.717) is 25.0 Å². The van der Waals surface area contributed by atoms with Crippen LogP contribution in [0.15, 0.2) is 53.4 Å². The van der Waals surface area contributed by atoms with Crippen LogP contribution in [-0.4, -0.2) is 31.7 Å². The molecule has 156 valence electrons. The predicted molar refractivity (Wildman–Crippen MR) is 98.0 cm³/mol. The van der Waals surface area contributed by atoms with E-state index >= 15 is 0 Å². The van der Waals surface area contributed by atoms with Crippen LogP contribution in [0.5, 0.6) is 0 Å². The molecular formula is C19H18F4N2O3S. The molecule has 29 heavy (non-hydrogen) atoms. The molecule has 0 spiro atoms. The number of hydrogen-bond donors (Lipinski definition) is 1. The third-order valence-electron chi connectivity index (χ3n) is 4.68. The third kappa shape index (κ3) is 4.76. The van der Waals surface area contributed by atoms with Gasteiger partial charge < -0.3 is 5.32 Å². The van der Waals surface area contributed by atoms with Gasteiger partial charge in [-0.15, -0.1) is 0 Å². The van der Waals surface area contributed by atoms with Crippen molar-refractivity contribution in [1.82, 2.24) is 4.31 Å². The molecular weight excluding hydrogens is 412 g/mol. The van der Waals surface area contributed by atoms with Crippen molar-refractivity contribution in [2.45, 2.75) is 23.9 Å². The van der Waals surface area contributed by atoms with Crippen LogP contribution in [0.4, 0.5) is 23.2 Å². The van der Waals surface area contributed by atoms with Crippen LogP contribution in [0.25, 0.3) is 0 Å². The van der Waals surface area contributed by atoms with E-state index in [0.717, 1.165) is 6.07 Å². The molecule has 2 aromatic rings. The lowest BCUT2D eigenvalue weighted by Crippen LogP contribution is -2.43. The van der Waals surface area contributed by atoms with Crippen LogP contribution < -0.4 is 5.32 Å². The fourth-order valence-corrected chi connectivity index (χ4v) is 4.73. The maximum Gasteiger partial charge on any atom is 0.419 e. The van der Waals surface area contributed by atoms with Gasteiger partial charge in [0.15, 0.2) is 0 Å². The molecule has 10 heteroatoms. The van der Waals surface area contributed by atoms with Gasteiger partial charge in [-0.25, -0.2) is 12.8 Å². The van der Waals surface area contributed by atoms with Gasteiger partial charge in [0.1, 0.15) is 5.82 Å². The van der Waals surface area contributed by atoms with Gasteiger partial charge in [-0.3, -0.25) is 4.79 Å². The summed E-state index contributed by atoms with van der Waals surface area (Å²) in [7, 11) is -3.78. The highest BCUT2D eigenvalue weighted by atomic mass is 32.2. The molecule has 0 aromatic heterocycles. The molecule has 0 bridgehead atoms. The standard InChI is InChI=1S/C19H18F4N2O3S/c20-17-9-8-14(11-16(17)19(21,22)23)24-18(26)13-5-4-10-25(12-13)29(27,28)15-6-2-1-3-7-15/h1-3,6-9,11,13H,4-5,10,12H2,(H,24,26)/t13-/m1/s1. The van der Waals surface area contributed by atoms with E-state index in [9.17, 15) is 30.8 Å². The molecule has 1 fully saturated rings. The van der Waals surface area contributed by atoms with E-state index in [2.05, 4.69) is 5.32 Å². The van der Waals surface area contributed by atoms with Gasteiger partial charge in [0.25, 0.3) is 0 Å². The first-order chi connectivity index (χ1) is 13.6. The van der Waals surface area contributed by atoms with Crippen LogP contribution in [0.3, 0.4) is 0 Å². The largest absolute Gasteiger partial charge is 0.419 e. The average Bonchev–Trinajstić information content (AvgIpc) is 2.69. The zero-order chi connectivity index (χ0) is 21.2. The van der Waals surface area contributed by atoms with Crippen molar-refractivity contribution in [2.24, 2.45) is 5.92 Å². The Balaban J connectivity index is 1.74. The number of halogens is 4. The Labute approximate surface area is 165 Å². The smallest absolute Gasteiger partial charge is 0.326 e. The Morgan fingerprint density at radius 1 is 1.10 bits per heavy atom. The molecule has 1 atom stereocenters. The van der Waals surface area contributed by atoms with Crippen molar-refractivity contribution in [2.75, 3.05) is 18.4 Å². The second-order valence-electron chi connectivity index (χ2n) is 6.70. The Morgan fingerprint density at radius 2 is 1.79 bits per heavy atom. The van der Waals surface area contributed by atoms with Gasteiger partial charge in [-0.1, -0.05) is 18.2 Å². The normalized spacial score (nSPS) is 18.4. The van der Waals surface area contributed by atoms with E-state index in [-0.39, 0.29) is 23.7 Å². The van der Waals surface area contributed by atoms with Crippen molar-refractivity contribution < 1.29 is 30.8 Å². The zero-order valence-electron chi connectivity index (χ0n) is 15.1. The number of nitrogens with one attached hydrogen (secondary N) is 1. The van der Waals surface area contributed by atoms with Gasteiger partial charge in [-0.05, 0) is 43.2 Å². The molecule has 0 aliphatic carbocycles. The fourth-order valence-electron chi connectivity index (χ4n) is 3.18. The summed E-state index contributed by atoms with van der Waals surface area (Å²) in [6, 6.07) is 9.96. The highest BCUT2D eigenvalue weighted by molar-refractivity contribution is 7.89. The van der Waals surface area contributed by atoms with Gasteiger partial charge in [-0.2, -0.15) is 17.5 Å². The Kier molecular flexibility index (Phi) is 5.95. The third-order valence-corrected chi connectivity index (χ3v) is 6.55. The first-order valence-electron chi connectivity index (χ1n) is 8.82. The second-order valence-corrected chi connectivity index (χ2v) is 8.63. The molecule has 1 aliphatic heterocycles. The SMILES string of the molecule is O=C(Nc1ccc(F)c(C(F)(F)F)c1)[C@@H]1CCCN(S(=O)(=O)c2ccccc2)C1. The molecule has 0 saturated carbocycles. The van der Waals surface area contributed by atoms with Gasteiger partial charge in [0.05, 0.1) is 16.4 Å². The first kappa shape index (κ1) is 21.3. The Hall–Kier alpha value is -2.46. The molecule has 0 unspecified atom stereocenters. The van der Waals surface area contributed by atoms with Gasteiger partial charge >= 0.3 is 6.18 Å². The van der Waals surface area contributed by atoms with E-state index in [4.69, 9.17) is 0 Å². The highest BCUT2D eigenvalue weighted by Crippen LogP contribution is 2.33. The minimum absolute atomic E-state index is 0.0869. The molecule has 0 radical (unpaired) electrons. The van der Waals surface area contributed by atoms with Crippen LogP contribution in [-0.2, 0) is 21.0 Å². The van der Waals surface area contributed by atoms with Crippen LogP contribution >= 0.6 is 0 Å². The topological polar surface area (TPSA) is 66.5 Å². The molecule has 1 saturated heterocycles. The van der Waals surface area contributed by atoms with E-state index in [1.807, 2.05) is 0 Å². The fraction of sp³-hybridized carbons (Fsp3) is 0.316. The van der Waals surface area contributed by atoms with E-state index in [1.54, 1.807) is 18.2 Å². The summed E-state index contributed by atoms with van der Waals surface area (Å²) in [4.78, 5) is 12.6. The summed E-state index contributed by atoms with van der Waals surface area (Å²) in [5, 5.41) is 2.34. The lowest BCUT2D eigenvalue weighted by Gasteiger charge is -2.31. The predicted octanol–water partition coefficient (Wildman–Crippen LogP) is 3.88. The number of carbonyl (C=O) groups excluding carboxylic acids is 1. The number of piperidine rings is 1. The number of rotatable bonds is 4. The summed E-state index contributed by atoms with van der Waals surface area (Å²) in [6.45, 7) is 0.159. The molecule has 5 nitrogen and oxygen atoms in total. The molecule has 1 N–H and O–H groups in total. The van der Waals surface area contributed by atoms with Crippen molar-refractivity contribution >= 4 is 21.6 Å². The number of alkyl halides is 3. The minimum Gasteiger partial charge on any atom is -0.326 e. The lowest BCUT2D eigenvalue weighted by molar-refractivity contribution is -0.140. The molecule has 1 aliphatic rings. The van der Waals surface area contributed by atoms with Gasteiger partial charge in [0.2, 0.25) is 15.9 Å². The number of benzene rings is 2. The maximum atomic E-state index is 13.4. The van der Waals surface area contributed by atoms with Crippen LogP contribution in [0, 0.1) is 11.7 Å². The summed E-state index contributed by atoms with van der Waals surface area (Å²) >= 11 is 0. The van der Waals surface area contributed by atoms with Crippen molar-refractivity contribution in [3.05, 3.63) is 59.9 Å². The number of anilines is 1. The minimum atomic E-state index is -4.89. The van der Waals surface area contributed by atoms with Crippen molar-refractivity contribution in [3.63, 3.8) is 0 Å². The summed E-state index contributed by atoms with van der Waals surface area (Å²) < 4.78 is 78.6. The summed E-state index contributed by atoms with van der Waals surface area (Å²) in [5.74, 6) is -2.78. The maximum absolute atomic E-state index is 13.4. The highest BCUT2D eigenvalue weighted by Gasteiger charge is 2.35. The lowest BCUT2D eigenvalue weighted by atomic mass is 9.98. The Bertz CT molecular complexity index is 994.